The van der Waals surface area contributed by atoms with E-state index in [1.807, 2.05) is 0 Å². The van der Waals surface area contributed by atoms with Crippen LogP contribution in [0.2, 0.25) is 0 Å². The molecular formula is C15H33N3. The summed E-state index contributed by atoms with van der Waals surface area (Å²) in [6.45, 7) is 17.4. The number of hydrogen-bond acceptors (Lipinski definition) is 3. The lowest BCUT2D eigenvalue weighted by molar-refractivity contribution is 0.152. The lowest BCUT2D eigenvalue weighted by atomic mass is 10.0. The summed E-state index contributed by atoms with van der Waals surface area (Å²) >= 11 is 0. The predicted octanol–water partition coefficient (Wildman–Crippen LogP) is 2.18. The number of rotatable bonds is 7. The van der Waals surface area contributed by atoms with E-state index in [1.54, 1.807) is 0 Å². The van der Waals surface area contributed by atoms with Crippen molar-refractivity contribution in [1.29, 1.82) is 0 Å². The Balaban J connectivity index is 2.23. The number of likely N-dealkylation sites (tertiary alicyclic amines) is 1. The van der Waals surface area contributed by atoms with Crippen LogP contribution < -0.4 is 5.32 Å². The molecule has 1 atom stereocenters. The third-order valence-corrected chi connectivity index (χ3v) is 4.21. The first-order valence-electron chi connectivity index (χ1n) is 7.79. The zero-order chi connectivity index (χ0) is 13.5. The highest BCUT2D eigenvalue weighted by molar-refractivity contribution is 4.81. The van der Waals surface area contributed by atoms with Crippen LogP contribution in [0.3, 0.4) is 0 Å². The lowest BCUT2D eigenvalue weighted by Gasteiger charge is -2.36. The van der Waals surface area contributed by atoms with Gasteiger partial charge in [0, 0.05) is 24.7 Å². The van der Waals surface area contributed by atoms with Gasteiger partial charge in [0.1, 0.15) is 0 Å². The number of hydrogen-bond donors (Lipinski definition) is 1. The molecule has 3 heteroatoms. The summed E-state index contributed by atoms with van der Waals surface area (Å²) in [6, 6.07) is 2.05. The molecule has 3 nitrogen and oxygen atoms in total. The Morgan fingerprint density at radius 1 is 1.11 bits per heavy atom. The largest absolute Gasteiger partial charge is 0.310 e. The van der Waals surface area contributed by atoms with Gasteiger partial charge in [-0.2, -0.15) is 0 Å². The van der Waals surface area contributed by atoms with Crippen molar-refractivity contribution in [3.63, 3.8) is 0 Å². The molecule has 108 valence electrons. The van der Waals surface area contributed by atoms with Gasteiger partial charge in [-0.3, -0.25) is 0 Å². The second-order valence-electron chi connectivity index (χ2n) is 5.96. The quantitative estimate of drug-likeness (QED) is 0.752. The van der Waals surface area contributed by atoms with E-state index in [9.17, 15) is 0 Å². The fourth-order valence-corrected chi connectivity index (χ4v) is 2.91. The third kappa shape index (κ3) is 5.25. The van der Waals surface area contributed by atoms with E-state index in [-0.39, 0.29) is 0 Å². The number of nitrogens with one attached hydrogen (secondary N) is 1. The Kier molecular flexibility index (Phi) is 7.20. The maximum Gasteiger partial charge on any atom is 0.0169 e. The molecule has 0 spiro atoms. The predicted molar refractivity (Wildman–Crippen MR) is 80.1 cm³/mol. The lowest BCUT2D eigenvalue weighted by Crippen LogP contribution is -2.49. The van der Waals surface area contributed by atoms with Crippen LogP contribution in [0.15, 0.2) is 0 Å². The molecule has 0 aromatic heterocycles. The van der Waals surface area contributed by atoms with Gasteiger partial charge in [0.05, 0.1) is 0 Å². The second kappa shape index (κ2) is 8.13. The second-order valence-corrected chi connectivity index (χ2v) is 5.96. The average molecular weight is 255 g/mol. The van der Waals surface area contributed by atoms with E-state index >= 15 is 0 Å². The Hall–Kier alpha value is -0.120. The van der Waals surface area contributed by atoms with Crippen molar-refractivity contribution >= 4 is 0 Å². The molecule has 0 amide bonds. The van der Waals surface area contributed by atoms with Crippen LogP contribution in [-0.4, -0.2) is 60.6 Å². The molecular weight excluding hydrogens is 222 g/mol. The summed E-state index contributed by atoms with van der Waals surface area (Å²) in [6.07, 6.45) is 2.61. The monoisotopic (exact) mass is 255 g/mol. The number of piperidine rings is 1. The van der Waals surface area contributed by atoms with Crippen LogP contribution in [-0.2, 0) is 0 Å². The Morgan fingerprint density at radius 2 is 1.67 bits per heavy atom. The first-order chi connectivity index (χ1) is 8.56. The first kappa shape index (κ1) is 15.9. The van der Waals surface area contributed by atoms with Gasteiger partial charge in [-0.25, -0.2) is 0 Å². The zero-order valence-electron chi connectivity index (χ0n) is 13.1. The van der Waals surface area contributed by atoms with Crippen LogP contribution in [0.1, 0.15) is 47.5 Å². The Morgan fingerprint density at radius 3 is 2.11 bits per heavy atom. The van der Waals surface area contributed by atoms with Gasteiger partial charge in [-0.05, 0) is 59.8 Å². The van der Waals surface area contributed by atoms with Crippen LogP contribution in [0, 0.1) is 0 Å². The third-order valence-electron chi connectivity index (χ3n) is 4.21. The molecule has 1 aliphatic heterocycles. The van der Waals surface area contributed by atoms with Gasteiger partial charge in [0.15, 0.2) is 0 Å². The standard InChI is InChI=1S/C15H33N3/c1-6-17(7-2)12-14(5)16-15-8-10-18(11-9-15)13(3)4/h13-16H,6-12H2,1-5H3. The van der Waals surface area contributed by atoms with E-state index in [0.717, 1.165) is 19.1 Å². The van der Waals surface area contributed by atoms with Crippen molar-refractivity contribution in [1.82, 2.24) is 15.1 Å². The van der Waals surface area contributed by atoms with Gasteiger partial charge in [0.2, 0.25) is 0 Å². The maximum atomic E-state index is 3.81. The topological polar surface area (TPSA) is 18.5 Å². The van der Waals surface area contributed by atoms with Gasteiger partial charge >= 0.3 is 0 Å². The summed E-state index contributed by atoms with van der Waals surface area (Å²) in [5.74, 6) is 0. The molecule has 1 saturated heterocycles. The van der Waals surface area contributed by atoms with Gasteiger partial charge in [0.25, 0.3) is 0 Å². The number of nitrogens with zero attached hydrogens (tertiary/aromatic N) is 2. The maximum absolute atomic E-state index is 3.81. The Bertz CT molecular complexity index is 206. The van der Waals surface area contributed by atoms with Crippen molar-refractivity contribution in [2.24, 2.45) is 0 Å². The molecule has 0 bridgehead atoms. The van der Waals surface area contributed by atoms with Crippen LogP contribution in [0.25, 0.3) is 0 Å². The van der Waals surface area contributed by atoms with Crippen LogP contribution >= 0.6 is 0 Å². The normalized spacial score (nSPS) is 20.8. The van der Waals surface area contributed by atoms with Crippen molar-refractivity contribution in [2.45, 2.75) is 65.6 Å². The summed E-state index contributed by atoms with van der Waals surface area (Å²) in [5, 5.41) is 3.81. The van der Waals surface area contributed by atoms with Crippen molar-refractivity contribution in [3.8, 4) is 0 Å². The highest BCUT2D eigenvalue weighted by atomic mass is 15.2. The highest BCUT2D eigenvalue weighted by Gasteiger charge is 2.21. The molecule has 1 heterocycles. The molecule has 0 aromatic rings. The SMILES string of the molecule is CCN(CC)CC(C)NC1CCN(C(C)C)CC1. The minimum atomic E-state index is 0.612. The van der Waals surface area contributed by atoms with E-state index in [0.29, 0.717) is 12.1 Å². The minimum Gasteiger partial charge on any atom is -0.310 e. The number of likely N-dealkylation sites (N-methyl/N-ethyl adjacent to an activating group) is 1. The first-order valence-corrected chi connectivity index (χ1v) is 7.79. The Labute approximate surface area is 114 Å². The molecule has 0 aromatic carbocycles. The molecule has 1 N–H and O–H groups in total. The average Bonchev–Trinajstić information content (AvgIpc) is 2.36. The van der Waals surface area contributed by atoms with Crippen LogP contribution in [0.5, 0.6) is 0 Å². The zero-order valence-corrected chi connectivity index (χ0v) is 13.1. The molecule has 0 saturated carbocycles. The van der Waals surface area contributed by atoms with Crippen molar-refractivity contribution < 1.29 is 0 Å². The van der Waals surface area contributed by atoms with E-state index < -0.39 is 0 Å². The van der Waals surface area contributed by atoms with Gasteiger partial charge < -0.3 is 15.1 Å². The molecule has 0 radical (unpaired) electrons. The highest BCUT2D eigenvalue weighted by Crippen LogP contribution is 2.13. The summed E-state index contributed by atoms with van der Waals surface area (Å²) in [5.41, 5.74) is 0. The smallest absolute Gasteiger partial charge is 0.0169 e. The van der Waals surface area contributed by atoms with E-state index in [1.165, 1.54) is 32.5 Å². The summed E-state index contributed by atoms with van der Waals surface area (Å²) < 4.78 is 0. The van der Waals surface area contributed by atoms with E-state index in [4.69, 9.17) is 0 Å². The van der Waals surface area contributed by atoms with Gasteiger partial charge in [-0.1, -0.05) is 13.8 Å². The fourth-order valence-electron chi connectivity index (χ4n) is 2.91. The summed E-state index contributed by atoms with van der Waals surface area (Å²) in [4.78, 5) is 5.09. The van der Waals surface area contributed by atoms with Crippen molar-refractivity contribution in [2.75, 3.05) is 32.7 Å². The molecule has 0 aliphatic carbocycles. The van der Waals surface area contributed by atoms with Crippen LogP contribution in [0.4, 0.5) is 0 Å². The molecule has 1 fully saturated rings. The minimum absolute atomic E-state index is 0.612. The fraction of sp³-hybridized carbons (Fsp3) is 1.00. The molecule has 1 unspecified atom stereocenters. The molecule has 1 rings (SSSR count). The van der Waals surface area contributed by atoms with E-state index in [2.05, 4.69) is 49.7 Å². The molecule has 18 heavy (non-hydrogen) atoms. The summed E-state index contributed by atoms with van der Waals surface area (Å²) in [7, 11) is 0. The van der Waals surface area contributed by atoms with Crippen molar-refractivity contribution in [3.05, 3.63) is 0 Å². The molecule has 1 aliphatic rings. The van der Waals surface area contributed by atoms with Gasteiger partial charge in [-0.15, -0.1) is 0 Å².